The fourth-order valence-corrected chi connectivity index (χ4v) is 1.17. The van der Waals surface area contributed by atoms with Crippen molar-refractivity contribution in [1.29, 1.82) is 0 Å². The summed E-state index contributed by atoms with van der Waals surface area (Å²) in [4.78, 5) is 13.2. The molecule has 1 atom stereocenters. The van der Waals surface area contributed by atoms with Crippen LogP contribution in [-0.2, 0) is 21.9 Å². The molecule has 1 aliphatic rings. The summed E-state index contributed by atoms with van der Waals surface area (Å²) >= 11 is 0. The molecule has 0 bridgehead atoms. The molecule has 1 aliphatic carbocycles. The molecule has 3 heteroatoms. The Bertz CT molecular complexity index is 126. The van der Waals surface area contributed by atoms with Crippen LogP contribution >= 0.6 is 0 Å². The van der Waals surface area contributed by atoms with Crippen molar-refractivity contribution in [3.8, 4) is 0 Å². The first-order valence-electron chi connectivity index (χ1n) is 3.30. The van der Waals surface area contributed by atoms with Crippen LogP contribution in [0.5, 0.6) is 0 Å². The topological polar surface area (TPSA) is 29.4 Å². The van der Waals surface area contributed by atoms with Crippen LogP contribution in [0, 0.1) is 19.8 Å². The average molecular weight is 195 g/mol. The number of hydrogen-bond acceptors (Lipinski definition) is 2. The fourth-order valence-electron chi connectivity index (χ4n) is 1.17. The minimum absolute atomic E-state index is 0. The zero-order valence-electron chi connectivity index (χ0n) is 6.69. The maximum atomic E-state index is 9.66. The van der Waals surface area contributed by atoms with E-state index in [1.807, 2.05) is 0 Å². The van der Waals surface area contributed by atoms with Gasteiger partial charge in [0.25, 0.3) is 0 Å². The zero-order valence-corrected chi connectivity index (χ0v) is 7.80. The molecule has 1 saturated carbocycles. The monoisotopic (exact) mass is 195 g/mol. The maximum Gasteiger partial charge on any atom is 2.00 e. The van der Waals surface area contributed by atoms with Crippen molar-refractivity contribution in [2.24, 2.45) is 10.9 Å². The molecular weight excluding hydrogens is 182 g/mol. The van der Waals surface area contributed by atoms with E-state index in [0.29, 0.717) is 12.5 Å². The van der Waals surface area contributed by atoms with Crippen LogP contribution in [0.2, 0.25) is 0 Å². The summed E-state index contributed by atoms with van der Waals surface area (Å²) in [6.45, 7) is 0.656. The van der Waals surface area contributed by atoms with Gasteiger partial charge >= 0.3 is 17.1 Å². The molecule has 11 heavy (non-hydrogen) atoms. The number of rotatable bonds is 2. The van der Waals surface area contributed by atoms with E-state index in [1.165, 1.54) is 19.3 Å². The van der Waals surface area contributed by atoms with Crippen molar-refractivity contribution in [2.45, 2.75) is 19.3 Å². The van der Waals surface area contributed by atoms with Gasteiger partial charge in [-0.15, -0.1) is 5.92 Å². The van der Waals surface area contributed by atoms with E-state index in [4.69, 9.17) is 0 Å². The third-order valence-corrected chi connectivity index (χ3v) is 1.67. The molecule has 1 fully saturated rings. The summed E-state index contributed by atoms with van der Waals surface area (Å²) < 4.78 is 0. The zero-order chi connectivity index (χ0) is 6.53. The Kier molecular flexibility index (Phi) is 9.81. The second-order valence-corrected chi connectivity index (χ2v) is 2.36. The fraction of sp³-hybridized carbons (Fsp3) is 0.625. The molecule has 1 unspecified atom stereocenters. The SMILES string of the molecule is O=C=NCC1[CH-]CCC1.[CH3-].[Fe+2]. The minimum atomic E-state index is 0. The Hall–Kier alpha value is -0.101. The van der Waals surface area contributed by atoms with Gasteiger partial charge in [0.15, 0.2) is 0 Å². The van der Waals surface area contributed by atoms with Crippen LogP contribution in [0.15, 0.2) is 4.99 Å². The Morgan fingerprint density at radius 2 is 2.36 bits per heavy atom. The quantitative estimate of drug-likeness (QED) is 0.286. The first-order chi connectivity index (χ1) is 4.43. The molecule has 0 amide bonds. The van der Waals surface area contributed by atoms with Crippen molar-refractivity contribution < 1.29 is 21.9 Å². The Labute approximate surface area is 78.9 Å². The van der Waals surface area contributed by atoms with Crippen LogP contribution in [0.3, 0.4) is 0 Å². The second-order valence-electron chi connectivity index (χ2n) is 2.36. The molecule has 64 valence electrons. The maximum absolute atomic E-state index is 9.66. The van der Waals surface area contributed by atoms with Crippen molar-refractivity contribution >= 4 is 6.08 Å². The van der Waals surface area contributed by atoms with Crippen LogP contribution in [0.1, 0.15) is 19.3 Å². The summed E-state index contributed by atoms with van der Waals surface area (Å²) in [5, 5.41) is 0. The van der Waals surface area contributed by atoms with E-state index in [9.17, 15) is 4.79 Å². The van der Waals surface area contributed by atoms with Crippen LogP contribution in [0.4, 0.5) is 0 Å². The summed E-state index contributed by atoms with van der Waals surface area (Å²) in [7, 11) is 0. The van der Waals surface area contributed by atoms with Crippen molar-refractivity contribution in [2.75, 3.05) is 6.54 Å². The van der Waals surface area contributed by atoms with Gasteiger partial charge < -0.3 is 13.8 Å². The van der Waals surface area contributed by atoms with Crippen molar-refractivity contribution in [3.05, 3.63) is 13.8 Å². The van der Waals surface area contributed by atoms with Gasteiger partial charge in [0.1, 0.15) is 0 Å². The Balaban J connectivity index is 0. The van der Waals surface area contributed by atoms with E-state index in [1.54, 1.807) is 6.08 Å². The van der Waals surface area contributed by atoms with E-state index >= 15 is 0 Å². The van der Waals surface area contributed by atoms with Gasteiger partial charge in [-0.25, -0.2) is 9.79 Å². The Morgan fingerprint density at radius 3 is 2.82 bits per heavy atom. The third-order valence-electron chi connectivity index (χ3n) is 1.67. The standard InChI is InChI=1S/C7H10NO.CH3.Fe/c9-6-8-5-7-3-1-2-4-7;;/h3,7H,1-2,4-5H2;1H3;/q2*-1;+2. The number of hydrogen-bond donors (Lipinski definition) is 0. The number of nitrogens with zero attached hydrogens (tertiary/aromatic N) is 1. The average Bonchev–Trinajstić information content (AvgIpc) is 2.34. The summed E-state index contributed by atoms with van der Waals surface area (Å²) in [6.07, 6.45) is 7.44. The van der Waals surface area contributed by atoms with Gasteiger partial charge in [-0.3, -0.25) is 0 Å². The molecule has 0 radical (unpaired) electrons. The molecule has 0 aromatic rings. The van der Waals surface area contributed by atoms with Crippen LogP contribution in [0.25, 0.3) is 0 Å². The summed E-state index contributed by atoms with van der Waals surface area (Å²) in [6, 6.07) is 0. The number of carbonyl (C=O) groups excluding carboxylic acids is 1. The Morgan fingerprint density at radius 1 is 1.64 bits per heavy atom. The predicted octanol–water partition coefficient (Wildman–Crippen LogP) is 1.77. The predicted molar refractivity (Wildman–Crippen MR) is 41.0 cm³/mol. The van der Waals surface area contributed by atoms with Gasteiger partial charge in [0.2, 0.25) is 6.08 Å². The first-order valence-corrected chi connectivity index (χ1v) is 3.30. The third kappa shape index (κ3) is 5.20. The molecule has 0 aromatic carbocycles. The minimum Gasteiger partial charge on any atom is -0.358 e. The van der Waals surface area contributed by atoms with Crippen LogP contribution in [-0.4, -0.2) is 12.6 Å². The van der Waals surface area contributed by atoms with Gasteiger partial charge in [-0.1, -0.05) is 12.8 Å². The van der Waals surface area contributed by atoms with Crippen molar-refractivity contribution in [3.63, 3.8) is 0 Å². The molecule has 2 nitrogen and oxygen atoms in total. The van der Waals surface area contributed by atoms with E-state index in [0.717, 1.165) is 0 Å². The smallest absolute Gasteiger partial charge is 0.358 e. The van der Waals surface area contributed by atoms with E-state index < -0.39 is 0 Å². The number of aliphatic imine (C=N–C) groups is 1. The molecule has 0 aliphatic heterocycles. The second kappa shape index (κ2) is 8.00. The molecular formula is C8H13FeNO. The largest absolute Gasteiger partial charge is 2.00 e. The molecule has 0 saturated heterocycles. The van der Waals surface area contributed by atoms with E-state index in [-0.39, 0.29) is 24.5 Å². The molecule has 0 aromatic heterocycles. The van der Waals surface area contributed by atoms with Gasteiger partial charge in [-0.2, -0.15) is 6.42 Å². The number of isocyanates is 1. The summed E-state index contributed by atoms with van der Waals surface area (Å²) in [5.41, 5.74) is 0. The molecule has 0 spiro atoms. The summed E-state index contributed by atoms with van der Waals surface area (Å²) in [5.74, 6) is 0.562. The normalized spacial score (nSPS) is 20.9. The van der Waals surface area contributed by atoms with Gasteiger partial charge in [0, 0.05) is 6.54 Å². The van der Waals surface area contributed by atoms with Crippen LogP contribution < -0.4 is 0 Å². The molecule has 0 N–H and O–H groups in total. The molecule has 0 heterocycles. The van der Waals surface area contributed by atoms with Gasteiger partial charge in [0.05, 0.1) is 0 Å². The van der Waals surface area contributed by atoms with Gasteiger partial charge in [-0.05, 0) is 0 Å². The van der Waals surface area contributed by atoms with E-state index in [2.05, 4.69) is 11.4 Å². The first kappa shape index (κ1) is 13.5. The molecule has 1 rings (SSSR count). The van der Waals surface area contributed by atoms with Crippen molar-refractivity contribution in [1.82, 2.24) is 0 Å².